The molecule has 0 fully saturated rings. The molecule has 0 saturated carbocycles. The fourth-order valence-corrected chi connectivity index (χ4v) is 3.09. The molecule has 0 atom stereocenters. The number of rotatable bonds is 5. The minimum atomic E-state index is -0.198. The van der Waals surface area contributed by atoms with Crippen LogP contribution in [-0.4, -0.2) is 23.8 Å². The van der Waals surface area contributed by atoms with Gasteiger partial charge in [-0.2, -0.15) is 0 Å². The van der Waals surface area contributed by atoms with Crippen molar-refractivity contribution in [3.05, 3.63) is 99.5 Å². The van der Waals surface area contributed by atoms with Crippen LogP contribution in [0.4, 0.5) is 5.69 Å². The molecule has 0 aromatic heterocycles. The first-order chi connectivity index (χ1) is 13.4. The van der Waals surface area contributed by atoms with E-state index in [2.05, 4.69) is 21.2 Å². The van der Waals surface area contributed by atoms with Gasteiger partial charge in [0.25, 0.3) is 11.8 Å². The van der Waals surface area contributed by atoms with E-state index in [0.717, 1.165) is 15.6 Å². The van der Waals surface area contributed by atoms with Gasteiger partial charge in [0.15, 0.2) is 0 Å². The molecule has 0 saturated heterocycles. The summed E-state index contributed by atoms with van der Waals surface area (Å²) >= 11 is 3.41. The van der Waals surface area contributed by atoms with Crippen LogP contribution in [0.5, 0.6) is 0 Å². The van der Waals surface area contributed by atoms with Crippen LogP contribution in [0, 0.1) is 6.92 Å². The van der Waals surface area contributed by atoms with Gasteiger partial charge in [-0.25, -0.2) is 0 Å². The molecule has 3 aromatic carbocycles. The van der Waals surface area contributed by atoms with Crippen molar-refractivity contribution in [2.45, 2.75) is 13.5 Å². The Bertz CT molecular complexity index is 985. The molecule has 142 valence electrons. The van der Waals surface area contributed by atoms with Crippen molar-refractivity contribution in [3.8, 4) is 0 Å². The summed E-state index contributed by atoms with van der Waals surface area (Å²) in [5.74, 6) is -0.297. The van der Waals surface area contributed by atoms with Gasteiger partial charge in [-0.05, 0) is 54.4 Å². The Balaban J connectivity index is 1.75. The van der Waals surface area contributed by atoms with E-state index in [0.29, 0.717) is 23.4 Å². The number of amides is 2. The molecule has 0 heterocycles. The smallest absolute Gasteiger partial charge is 0.255 e. The number of hydrogen-bond donors (Lipinski definition) is 1. The number of hydrogen-bond acceptors (Lipinski definition) is 2. The van der Waals surface area contributed by atoms with Crippen molar-refractivity contribution < 1.29 is 9.59 Å². The summed E-state index contributed by atoms with van der Waals surface area (Å²) in [7, 11) is 1.77. The third kappa shape index (κ3) is 4.87. The van der Waals surface area contributed by atoms with Crippen LogP contribution < -0.4 is 5.32 Å². The minimum absolute atomic E-state index is 0.0990. The van der Waals surface area contributed by atoms with E-state index >= 15 is 0 Å². The molecule has 0 aliphatic rings. The molecule has 1 N–H and O–H groups in total. The van der Waals surface area contributed by atoms with E-state index < -0.39 is 0 Å². The average molecular weight is 437 g/mol. The van der Waals surface area contributed by atoms with Crippen LogP contribution >= 0.6 is 15.9 Å². The zero-order valence-electron chi connectivity index (χ0n) is 15.8. The highest BCUT2D eigenvalue weighted by Gasteiger charge is 2.15. The van der Waals surface area contributed by atoms with E-state index in [1.165, 1.54) is 0 Å². The molecular weight excluding hydrogens is 416 g/mol. The van der Waals surface area contributed by atoms with Crippen molar-refractivity contribution in [1.82, 2.24) is 4.90 Å². The number of benzene rings is 3. The monoisotopic (exact) mass is 436 g/mol. The van der Waals surface area contributed by atoms with Crippen molar-refractivity contribution >= 4 is 33.4 Å². The summed E-state index contributed by atoms with van der Waals surface area (Å²) in [4.78, 5) is 26.9. The van der Waals surface area contributed by atoms with E-state index in [1.54, 1.807) is 36.2 Å². The van der Waals surface area contributed by atoms with Crippen molar-refractivity contribution in [3.63, 3.8) is 0 Å². The van der Waals surface area contributed by atoms with Gasteiger partial charge in [-0.15, -0.1) is 0 Å². The Hall–Kier alpha value is -2.92. The van der Waals surface area contributed by atoms with Crippen LogP contribution in [-0.2, 0) is 6.54 Å². The molecule has 0 unspecified atom stereocenters. The molecule has 0 aliphatic heterocycles. The number of halogens is 1. The quantitative estimate of drug-likeness (QED) is 0.590. The van der Waals surface area contributed by atoms with Gasteiger partial charge in [0.2, 0.25) is 0 Å². The topological polar surface area (TPSA) is 49.4 Å². The maximum absolute atomic E-state index is 12.8. The lowest BCUT2D eigenvalue weighted by atomic mass is 10.1. The van der Waals surface area contributed by atoms with Crippen molar-refractivity contribution in [1.29, 1.82) is 0 Å². The fourth-order valence-electron chi connectivity index (χ4n) is 2.83. The summed E-state index contributed by atoms with van der Waals surface area (Å²) in [6, 6.07) is 22.2. The second kappa shape index (κ2) is 8.85. The number of nitrogens with zero attached hydrogens (tertiary/aromatic N) is 1. The third-order valence-corrected chi connectivity index (χ3v) is 4.98. The highest BCUT2D eigenvalue weighted by Crippen LogP contribution is 2.20. The Morgan fingerprint density at radius 1 is 0.929 bits per heavy atom. The first-order valence-electron chi connectivity index (χ1n) is 8.91. The van der Waals surface area contributed by atoms with Crippen molar-refractivity contribution in [2.24, 2.45) is 0 Å². The first kappa shape index (κ1) is 19.8. The zero-order valence-corrected chi connectivity index (χ0v) is 17.4. The summed E-state index contributed by atoms with van der Waals surface area (Å²) in [5, 5.41) is 2.90. The molecule has 5 heteroatoms. The summed E-state index contributed by atoms with van der Waals surface area (Å²) < 4.78 is 1.00. The molecule has 0 radical (unpaired) electrons. The van der Waals surface area contributed by atoms with Gasteiger partial charge < -0.3 is 10.2 Å². The van der Waals surface area contributed by atoms with Crippen molar-refractivity contribution in [2.75, 3.05) is 12.4 Å². The Morgan fingerprint density at radius 3 is 2.29 bits per heavy atom. The Kier molecular flexibility index (Phi) is 6.26. The summed E-state index contributed by atoms with van der Waals surface area (Å²) in [5.41, 5.74) is 3.69. The molecule has 28 heavy (non-hydrogen) atoms. The molecule has 4 nitrogen and oxygen atoms in total. The van der Waals surface area contributed by atoms with Crippen LogP contribution in [0.2, 0.25) is 0 Å². The third-order valence-electron chi connectivity index (χ3n) is 4.45. The van der Waals surface area contributed by atoms with Crippen LogP contribution in [0.1, 0.15) is 31.8 Å². The number of carbonyl (C=O) groups is 2. The van der Waals surface area contributed by atoms with Gasteiger partial charge >= 0.3 is 0 Å². The Morgan fingerprint density at radius 2 is 1.61 bits per heavy atom. The predicted octanol–water partition coefficient (Wildman–Crippen LogP) is 5.28. The van der Waals surface area contributed by atoms with Gasteiger partial charge in [0.1, 0.15) is 0 Å². The largest absolute Gasteiger partial charge is 0.337 e. The Labute approximate surface area is 173 Å². The van der Waals surface area contributed by atoms with E-state index in [1.807, 2.05) is 55.5 Å². The van der Waals surface area contributed by atoms with E-state index in [9.17, 15) is 9.59 Å². The van der Waals surface area contributed by atoms with Gasteiger partial charge in [0.05, 0.1) is 0 Å². The highest BCUT2D eigenvalue weighted by atomic mass is 79.9. The number of aryl methyl sites for hydroxylation is 1. The number of anilines is 1. The van der Waals surface area contributed by atoms with Crippen LogP contribution in [0.25, 0.3) is 0 Å². The second-order valence-corrected chi connectivity index (χ2v) is 7.55. The molecule has 0 bridgehead atoms. The SMILES string of the molecule is Cc1ccc(C(=O)N(C)Cc2ccc(Br)cc2)cc1NC(=O)c1ccccc1. The molecule has 3 aromatic rings. The van der Waals surface area contributed by atoms with Crippen LogP contribution in [0.15, 0.2) is 77.3 Å². The lowest BCUT2D eigenvalue weighted by Gasteiger charge is -2.18. The fraction of sp³-hybridized carbons (Fsp3) is 0.130. The average Bonchev–Trinajstić information content (AvgIpc) is 2.71. The number of nitrogens with one attached hydrogen (secondary N) is 1. The standard InChI is InChI=1S/C23H21BrN2O2/c1-16-8-11-19(14-21(16)25-22(27)18-6-4-3-5-7-18)23(28)26(2)15-17-9-12-20(24)13-10-17/h3-14H,15H2,1-2H3,(H,25,27). The maximum atomic E-state index is 12.8. The van der Waals surface area contributed by atoms with E-state index in [4.69, 9.17) is 0 Å². The molecule has 3 rings (SSSR count). The lowest BCUT2D eigenvalue weighted by molar-refractivity contribution is 0.0784. The second-order valence-electron chi connectivity index (χ2n) is 6.64. The molecule has 0 spiro atoms. The van der Waals surface area contributed by atoms with Gasteiger partial charge in [-0.3, -0.25) is 9.59 Å². The minimum Gasteiger partial charge on any atom is -0.337 e. The molecule has 2 amide bonds. The normalized spacial score (nSPS) is 10.4. The van der Waals surface area contributed by atoms with Gasteiger partial charge in [0, 0.05) is 34.9 Å². The maximum Gasteiger partial charge on any atom is 0.255 e. The highest BCUT2D eigenvalue weighted by molar-refractivity contribution is 9.10. The predicted molar refractivity (Wildman–Crippen MR) is 116 cm³/mol. The van der Waals surface area contributed by atoms with Gasteiger partial charge in [-0.1, -0.05) is 52.3 Å². The zero-order chi connectivity index (χ0) is 20.1. The summed E-state index contributed by atoms with van der Waals surface area (Å²) in [6.45, 7) is 2.41. The molecule has 0 aliphatic carbocycles. The summed E-state index contributed by atoms with van der Waals surface area (Å²) in [6.07, 6.45) is 0. The lowest BCUT2D eigenvalue weighted by Crippen LogP contribution is -2.26. The number of carbonyl (C=O) groups excluding carboxylic acids is 2. The first-order valence-corrected chi connectivity index (χ1v) is 9.70. The van der Waals surface area contributed by atoms with E-state index in [-0.39, 0.29) is 11.8 Å². The molecular formula is C23H21BrN2O2. The van der Waals surface area contributed by atoms with Crippen LogP contribution in [0.3, 0.4) is 0 Å².